The van der Waals surface area contributed by atoms with Crippen molar-refractivity contribution in [3.05, 3.63) is 26.8 Å². The largest absolute Gasteiger partial charge is 0.330 e. The molecule has 0 radical (unpaired) electrons. The van der Waals surface area contributed by atoms with Crippen molar-refractivity contribution in [2.75, 3.05) is 11.9 Å². The lowest BCUT2D eigenvalue weighted by atomic mass is 9.96. The first kappa shape index (κ1) is 15.7. The molecule has 1 aromatic carbocycles. The van der Waals surface area contributed by atoms with Gasteiger partial charge in [-0.2, -0.15) is 0 Å². The van der Waals surface area contributed by atoms with Gasteiger partial charge in [0.1, 0.15) is 0 Å². The van der Waals surface area contributed by atoms with Gasteiger partial charge in [-0.15, -0.1) is 0 Å². The topological polar surface area (TPSA) is 55.1 Å². The quantitative estimate of drug-likeness (QED) is 0.768. The summed E-state index contributed by atoms with van der Waals surface area (Å²) >= 11 is 8.02. The van der Waals surface area contributed by atoms with Crippen LogP contribution >= 0.6 is 34.2 Å². The van der Waals surface area contributed by atoms with E-state index in [0.717, 1.165) is 15.7 Å². The molecule has 0 aliphatic carbocycles. The van der Waals surface area contributed by atoms with Gasteiger partial charge in [-0.05, 0) is 53.1 Å². The second kappa shape index (κ2) is 7.31. The molecule has 0 fully saturated rings. The minimum absolute atomic E-state index is 0.0218. The van der Waals surface area contributed by atoms with E-state index >= 15 is 0 Å². The van der Waals surface area contributed by atoms with Crippen LogP contribution in [0.5, 0.6) is 0 Å². The van der Waals surface area contributed by atoms with E-state index in [1.165, 1.54) is 0 Å². The highest BCUT2D eigenvalue weighted by molar-refractivity contribution is 14.1. The minimum Gasteiger partial charge on any atom is -0.330 e. The second-order valence-corrected chi connectivity index (χ2v) is 6.27. The standard InChI is InChI=1S/C13H18ClIN2O/c1-8(2)5-9(7-16)13(18)17-12-4-3-10(14)6-11(12)15/h3-4,6,8-9H,5,7,16H2,1-2H3,(H,17,18). The van der Waals surface area contributed by atoms with Gasteiger partial charge >= 0.3 is 0 Å². The number of carbonyl (C=O) groups excluding carboxylic acids is 1. The summed E-state index contributed by atoms with van der Waals surface area (Å²) < 4.78 is 0.925. The van der Waals surface area contributed by atoms with Crippen LogP contribution in [0.2, 0.25) is 5.02 Å². The monoisotopic (exact) mass is 380 g/mol. The number of nitrogens with two attached hydrogens (primary N) is 1. The Morgan fingerprint density at radius 1 is 1.50 bits per heavy atom. The maximum absolute atomic E-state index is 12.1. The smallest absolute Gasteiger partial charge is 0.228 e. The van der Waals surface area contributed by atoms with Gasteiger partial charge in [0, 0.05) is 15.1 Å². The fourth-order valence-electron chi connectivity index (χ4n) is 1.70. The van der Waals surface area contributed by atoms with E-state index in [1.54, 1.807) is 6.07 Å². The molecule has 1 aromatic rings. The SMILES string of the molecule is CC(C)CC(CN)C(=O)Nc1ccc(Cl)cc1I. The number of anilines is 1. The van der Waals surface area contributed by atoms with Crippen molar-refractivity contribution in [3.8, 4) is 0 Å². The van der Waals surface area contributed by atoms with Crippen molar-refractivity contribution in [1.29, 1.82) is 0 Å². The summed E-state index contributed by atoms with van der Waals surface area (Å²) in [7, 11) is 0. The lowest BCUT2D eigenvalue weighted by Gasteiger charge is -2.17. The molecular weight excluding hydrogens is 363 g/mol. The first-order valence-electron chi connectivity index (χ1n) is 5.90. The zero-order valence-corrected chi connectivity index (χ0v) is 13.5. The Hall–Kier alpha value is -0.330. The van der Waals surface area contributed by atoms with Gasteiger partial charge < -0.3 is 11.1 Å². The van der Waals surface area contributed by atoms with Gasteiger partial charge in [-0.25, -0.2) is 0 Å². The zero-order valence-electron chi connectivity index (χ0n) is 10.5. The highest BCUT2D eigenvalue weighted by Crippen LogP contribution is 2.23. The first-order valence-corrected chi connectivity index (χ1v) is 7.35. The van der Waals surface area contributed by atoms with Crippen molar-refractivity contribution in [1.82, 2.24) is 0 Å². The molecule has 0 spiro atoms. The number of benzene rings is 1. The molecule has 0 aliphatic rings. The van der Waals surface area contributed by atoms with Gasteiger partial charge in [0.15, 0.2) is 0 Å². The zero-order chi connectivity index (χ0) is 13.7. The molecule has 0 aromatic heterocycles. The third-order valence-corrected chi connectivity index (χ3v) is 3.73. The molecule has 1 rings (SSSR count). The Kier molecular flexibility index (Phi) is 6.38. The molecule has 100 valence electrons. The van der Waals surface area contributed by atoms with Crippen molar-refractivity contribution >= 4 is 45.8 Å². The van der Waals surface area contributed by atoms with Gasteiger partial charge in [0.05, 0.1) is 11.6 Å². The number of nitrogens with one attached hydrogen (secondary N) is 1. The number of hydrogen-bond acceptors (Lipinski definition) is 2. The summed E-state index contributed by atoms with van der Waals surface area (Å²) in [5.74, 6) is 0.288. The van der Waals surface area contributed by atoms with Crippen LogP contribution in [-0.2, 0) is 4.79 Å². The molecule has 0 saturated heterocycles. The number of amides is 1. The Morgan fingerprint density at radius 3 is 2.67 bits per heavy atom. The maximum atomic E-state index is 12.1. The molecule has 1 amide bonds. The summed E-state index contributed by atoms with van der Waals surface area (Å²) in [6.45, 7) is 4.54. The van der Waals surface area contributed by atoms with E-state index in [-0.39, 0.29) is 11.8 Å². The number of carbonyl (C=O) groups is 1. The van der Waals surface area contributed by atoms with Crippen LogP contribution in [0, 0.1) is 15.4 Å². The van der Waals surface area contributed by atoms with E-state index in [2.05, 4.69) is 41.8 Å². The Balaban J connectivity index is 2.73. The van der Waals surface area contributed by atoms with E-state index < -0.39 is 0 Å². The maximum Gasteiger partial charge on any atom is 0.228 e. The molecule has 1 unspecified atom stereocenters. The molecule has 5 heteroatoms. The van der Waals surface area contributed by atoms with Crippen LogP contribution in [0.15, 0.2) is 18.2 Å². The first-order chi connectivity index (χ1) is 8.43. The molecule has 0 bridgehead atoms. The summed E-state index contributed by atoms with van der Waals surface area (Å²) in [4.78, 5) is 12.1. The molecule has 0 saturated carbocycles. The lowest BCUT2D eigenvalue weighted by molar-refractivity contribution is -0.120. The lowest BCUT2D eigenvalue weighted by Crippen LogP contribution is -2.30. The van der Waals surface area contributed by atoms with Crippen molar-refractivity contribution in [3.63, 3.8) is 0 Å². The van der Waals surface area contributed by atoms with Crippen LogP contribution in [0.1, 0.15) is 20.3 Å². The Bertz CT molecular complexity index is 423. The summed E-state index contributed by atoms with van der Waals surface area (Å²) in [5.41, 5.74) is 6.44. The molecule has 1 atom stereocenters. The normalized spacial score (nSPS) is 12.6. The van der Waals surface area contributed by atoms with Gasteiger partial charge in [0.2, 0.25) is 5.91 Å². The summed E-state index contributed by atoms with van der Waals surface area (Å²) in [6.07, 6.45) is 0.798. The predicted octanol–water partition coefficient (Wildman–Crippen LogP) is 3.50. The van der Waals surface area contributed by atoms with E-state index in [0.29, 0.717) is 17.5 Å². The van der Waals surface area contributed by atoms with Crippen LogP contribution < -0.4 is 11.1 Å². The van der Waals surface area contributed by atoms with E-state index in [4.69, 9.17) is 17.3 Å². The highest BCUT2D eigenvalue weighted by Gasteiger charge is 2.18. The van der Waals surface area contributed by atoms with Crippen LogP contribution in [0.25, 0.3) is 0 Å². The third-order valence-electron chi connectivity index (χ3n) is 2.60. The average molecular weight is 381 g/mol. The fourth-order valence-corrected chi connectivity index (χ4v) is 2.71. The van der Waals surface area contributed by atoms with Crippen LogP contribution in [-0.4, -0.2) is 12.5 Å². The van der Waals surface area contributed by atoms with Gasteiger partial charge in [-0.3, -0.25) is 4.79 Å². The molecule has 0 aliphatic heterocycles. The predicted molar refractivity (Wildman–Crippen MR) is 84.8 cm³/mol. The second-order valence-electron chi connectivity index (χ2n) is 4.68. The minimum atomic E-state index is -0.142. The summed E-state index contributed by atoms with van der Waals surface area (Å²) in [6, 6.07) is 5.39. The number of halogens is 2. The van der Waals surface area contributed by atoms with Crippen molar-refractivity contribution in [2.45, 2.75) is 20.3 Å². The molecule has 3 nitrogen and oxygen atoms in total. The molecule has 3 N–H and O–H groups in total. The van der Waals surface area contributed by atoms with E-state index in [1.807, 2.05) is 12.1 Å². The van der Waals surface area contributed by atoms with Crippen molar-refractivity contribution in [2.24, 2.45) is 17.6 Å². The molecule has 18 heavy (non-hydrogen) atoms. The summed E-state index contributed by atoms with van der Waals surface area (Å²) in [5, 5.41) is 3.57. The molecule has 0 heterocycles. The fraction of sp³-hybridized carbons (Fsp3) is 0.462. The van der Waals surface area contributed by atoms with Gasteiger partial charge in [0.25, 0.3) is 0 Å². The number of rotatable bonds is 5. The number of hydrogen-bond donors (Lipinski definition) is 2. The van der Waals surface area contributed by atoms with Crippen molar-refractivity contribution < 1.29 is 4.79 Å². The van der Waals surface area contributed by atoms with E-state index in [9.17, 15) is 4.79 Å². The Labute approximate surface area is 127 Å². The van der Waals surface area contributed by atoms with Crippen LogP contribution in [0.4, 0.5) is 5.69 Å². The Morgan fingerprint density at radius 2 is 2.17 bits per heavy atom. The average Bonchev–Trinajstić information content (AvgIpc) is 2.29. The highest BCUT2D eigenvalue weighted by atomic mass is 127. The van der Waals surface area contributed by atoms with Gasteiger partial charge in [-0.1, -0.05) is 25.4 Å². The molecular formula is C13H18ClIN2O. The van der Waals surface area contributed by atoms with Crippen LogP contribution in [0.3, 0.4) is 0 Å². The third kappa shape index (κ3) is 4.74.